The molecule has 1 unspecified atom stereocenters. The first-order chi connectivity index (χ1) is 9.63. The molecule has 0 nitrogen and oxygen atoms in total. The van der Waals surface area contributed by atoms with Gasteiger partial charge >= 0.3 is 0 Å². The minimum atomic E-state index is -0.169. The van der Waals surface area contributed by atoms with Gasteiger partial charge in [-0.05, 0) is 53.6 Å². The molecule has 0 saturated heterocycles. The lowest BCUT2D eigenvalue weighted by molar-refractivity contribution is 0.625. The first kappa shape index (κ1) is 15.2. The highest BCUT2D eigenvalue weighted by atomic mass is 79.9. The Morgan fingerprint density at radius 1 is 1.00 bits per heavy atom. The molecule has 0 bridgehead atoms. The molecule has 2 aromatic rings. The van der Waals surface area contributed by atoms with Gasteiger partial charge in [0.05, 0.1) is 0 Å². The fourth-order valence-corrected chi connectivity index (χ4v) is 3.16. The zero-order valence-corrected chi connectivity index (χ0v) is 13.6. The maximum absolute atomic E-state index is 13.2. The predicted molar refractivity (Wildman–Crippen MR) is 87.0 cm³/mol. The molecule has 0 radical (unpaired) electrons. The van der Waals surface area contributed by atoms with Crippen molar-refractivity contribution in [2.75, 3.05) is 0 Å². The molecule has 0 aliphatic rings. The van der Waals surface area contributed by atoms with Crippen LogP contribution in [-0.2, 0) is 19.3 Å². The van der Waals surface area contributed by atoms with Crippen LogP contribution in [0.1, 0.15) is 40.9 Å². The van der Waals surface area contributed by atoms with Gasteiger partial charge < -0.3 is 0 Å². The van der Waals surface area contributed by atoms with Crippen molar-refractivity contribution in [3.8, 4) is 0 Å². The zero-order chi connectivity index (χ0) is 14.5. The first-order valence-electron chi connectivity index (χ1n) is 7.14. The van der Waals surface area contributed by atoms with Gasteiger partial charge in [0.15, 0.2) is 0 Å². The van der Waals surface area contributed by atoms with Gasteiger partial charge in [0.25, 0.3) is 0 Å². The molecule has 0 amide bonds. The first-order valence-corrected chi connectivity index (χ1v) is 8.05. The molecule has 2 heteroatoms. The molecule has 0 heterocycles. The molecular formula is C18H20BrF. The standard InChI is InChI=1S/C18H20BrF/c1-3-14-8-9-16(12-15(14)4-2)18(19)11-13-6-5-7-17(20)10-13/h5-10,12,18H,3-4,11H2,1-2H3. The Morgan fingerprint density at radius 2 is 1.75 bits per heavy atom. The summed E-state index contributed by atoms with van der Waals surface area (Å²) >= 11 is 3.73. The minimum Gasteiger partial charge on any atom is -0.207 e. The summed E-state index contributed by atoms with van der Waals surface area (Å²) in [4.78, 5) is 0.223. The van der Waals surface area contributed by atoms with Crippen LogP contribution >= 0.6 is 15.9 Å². The van der Waals surface area contributed by atoms with Crippen molar-refractivity contribution in [2.24, 2.45) is 0 Å². The fourth-order valence-electron chi connectivity index (χ4n) is 2.50. The van der Waals surface area contributed by atoms with Crippen LogP contribution in [-0.4, -0.2) is 0 Å². The van der Waals surface area contributed by atoms with Crippen molar-refractivity contribution < 1.29 is 4.39 Å². The second-order valence-electron chi connectivity index (χ2n) is 5.04. The Kier molecular flexibility index (Phi) is 5.36. The topological polar surface area (TPSA) is 0 Å². The van der Waals surface area contributed by atoms with Crippen LogP contribution in [0.2, 0.25) is 0 Å². The van der Waals surface area contributed by atoms with Crippen LogP contribution in [0, 0.1) is 5.82 Å². The van der Waals surface area contributed by atoms with E-state index in [4.69, 9.17) is 0 Å². The molecule has 0 spiro atoms. The van der Waals surface area contributed by atoms with Crippen molar-refractivity contribution in [3.63, 3.8) is 0 Å². The summed E-state index contributed by atoms with van der Waals surface area (Å²) < 4.78 is 13.2. The van der Waals surface area contributed by atoms with E-state index in [9.17, 15) is 4.39 Å². The molecule has 1 atom stereocenters. The van der Waals surface area contributed by atoms with E-state index >= 15 is 0 Å². The minimum absolute atomic E-state index is 0.169. The maximum Gasteiger partial charge on any atom is 0.123 e. The van der Waals surface area contributed by atoms with Crippen molar-refractivity contribution in [3.05, 3.63) is 70.5 Å². The largest absolute Gasteiger partial charge is 0.207 e. The van der Waals surface area contributed by atoms with Gasteiger partial charge in [-0.1, -0.05) is 60.1 Å². The summed E-state index contributed by atoms with van der Waals surface area (Å²) in [5.41, 5.74) is 5.11. The fraction of sp³-hybridized carbons (Fsp3) is 0.333. The van der Waals surface area contributed by atoms with Gasteiger partial charge in [0.2, 0.25) is 0 Å². The zero-order valence-electron chi connectivity index (χ0n) is 12.0. The summed E-state index contributed by atoms with van der Waals surface area (Å²) in [5.74, 6) is -0.169. The SMILES string of the molecule is CCc1ccc(C(Br)Cc2cccc(F)c2)cc1CC. The van der Waals surface area contributed by atoms with E-state index < -0.39 is 0 Å². The molecule has 20 heavy (non-hydrogen) atoms. The van der Waals surface area contributed by atoms with Gasteiger partial charge in [0, 0.05) is 4.83 Å². The Hall–Kier alpha value is -1.15. The number of benzene rings is 2. The Labute approximate surface area is 129 Å². The van der Waals surface area contributed by atoms with Crippen LogP contribution in [0.3, 0.4) is 0 Å². The predicted octanol–water partition coefficient (Wildman–Crippen LogP) is 5.63. The van der Waals surface area contributed by atoms with E-state index in [-0.39, 0.29) is 10.6 Å². The molecule has 0 aromatic heterocycles. The second kappa shape index (κ2) is 7.03. The lowest BCUT2D eigenvalue weighted by Crippen LogP contribution is -1.99. The number of alkyl halides is 1. The van der Waals surface area contributed by atoms with Gasteiger partial charge in [-0.3, -0.25) is 0 Å². The van der Waals surface area contributed by atoms with Crippen LogP contribution in [0.15, 0.2) is 42.5 Å². The number of halogens is 2. The molecule has 106 valence electrons. The number of aryl methyl sites for hydroxylation is 2. The lowest BCUT2D eigenvalue weighted by Gasteiger charge is -2.14. The Morgan fingerprint density at radius 3 is 2.40 bits per heavy atom. The van der Waals surface area contributed by atoms with Crippen LogP contribution in [0.5, 0.6) is 0 Å². The van der Waals surface area contributed by atoms with Gasteiger partial charge in [-0.2, -0.15) is 0 Å². The average Bonchev–Trinajstić information content (AvgIpc) is 2.46. The van der Waals surface area contributed by atoms with E-state index in [1.165, 1.54) is 22.8 Å². The van der Waals surface area contributed by atoms with E-state index in [0.29, 0.717) is 0 Å². The van der Waals surface area contributed by atoms with E-state index in [0.717, 1.165) is 24.8 Å². The van der Waals surface area contributed by atoms with Gasteiger partial charge in [0.1, 0.15) is 5.82 Å². The van der Waals surface area contributed by atoms with Crippen LogP contribution in [0.4, 0.5) is 4.39 Å². The molecule has 0 fully saturated rings. The highest BCUT2D eigenvalue weighted by Crippen LogP contribution is 2.29. The maximum atomic E-state index is 13.2. The summed E-state index contributed by atoms with van der Waals surface area (Å²) in [6, 6.07) is 13.5. The van der Waals surface area contributed by atoms with E-state index in [1.807, 2.05) is 6.07 Å². The Balaban J connectivity index is 2.18. The molecular weight excluding hydrogens is 315 g/mol. The summed E-state index contributed by atoms with van der Waals surface area (Å²) in [7, 11) is 0. The third-order valence-corrected chi connectivity index (χ3v) is 4.51. The smallest absolute Gasteiger partial charge is 0.123 e. The van der Waals surface area contributed by atoms with Gasteiger partial charge in [-0.25, -0.2) is 4.39 Å². The summed E-state index contributed by atoms with van der Waals surface area (Å²) in [5, 5.41) is 0. The Bertz CT molecular complexity index is 577. The third-order valence-electron chi connectivity index (χ3n) is 3.66. The average molecular weight is 335 g/mol. The highest BCUT2D eigenvalue weighted by molar-refractivity contribution is 9.09. The number of hydrogen-bond donors (Lipinski definition) is 0. The van der Waals surface area contributed by atoms with Crippen LogP contribution < -0.4 is 0 Å². The van der Waals surface area contributed by atoms with E-state index in [2.05, 4.69) is 48.0 Å². The third kappa shape index (κ3) is 3.69. The van der Waals surface area contributed by atoms with E-state index in [1.54, 1.807) is 12.1 Å². The van der Waals surface area contributed by atoms with Crippen molar-refractivity contribution >= 4 is 15.9 Å². The molecule has 0 aliphatic carbocycles. The summed E-state index contributed by atoms with van der Waals surface area (Å²) in [6.45, 7) is 4.38. The van der Waals surface area contributed by atoms with Crippen molar-refractivity contribution in [2.45, 2.75) is 37.9 Å². The lowest BCUT2D eigenvalue weighted by atomic mass is 9.97. The summed E-state index contributed by atoms with van der Waals surface area (Å²) in [6.07, 6.45) is 2.92. The van der Waals surface area contributed by atoms with Gasteiger partial charge in [-0.15, -0.1) is 0 Å². The quantitative estimate of drug-likeness (QED) is 0.621. The van der Waals surface area contributed by atoms with Crippen LogP contribution in [0.25, 0.3) is 0 Å². The van der Waals surface area contributed by atoms with Crippen molar-refractivity contribution in [1.29, 1.82) is 0 Å². The molecule has 2 rings (SSSR count). The molecule has 2 aromatic carbocycles. The second-order valence-corrected chi connectivity index (χ2v) is 6.14. The monoisotopic (exact) mass is 334 g/mol. The normalized spacial score (nSPS) is 12.4. The van der Waals surface area contributed by atoms with Crippen molar-refractivity contribution in [1.82, 2.24) is 0 Å². The molecule has 0 N–H and O–H groups in total. The number of hydrogen-bond acceptors (Lipinski definition) is 0. The molecule has 0 aliphatic heterocycles. The highest BCUT2D eigenvalue weighted by Gasteiger charge is 2.11. The number of rotatable bonds is 5. The molecule has 0 saturated carbocycles.